The first-order valence-corrected chi connectivity index (χ1v) is 12.5. The van der Waals surface area contributed by atoms with Crippen molar-refractivity contribution < 1.29 is 23.9 Å². The number of nitrogens with zero attached hydrogens (tertiary/aromatic N) is 1. The number of ether oxygens (including phenoxy) is 1. The van der Waals surface area contributed by atoms with E-state index >= 15 is 0 Å². The highest BCUT2D eigenvalue weighted by Crippen LogP contribution is 2.30. The van der Waals surface area contributed by atoms with Gasteiger partial charge in [0.25, 0.3) is 17.7 Å². The minimum absolute atomic E-state index is 0.0934. The van der Waals surface area contributed by atoms with Crippen LogP contribution in [0, 0.1) is 0 Å². The van der Waals surface area contributed by atoms with Gasteiger partial charge in [-0.1, -0.05) is 48.0 Å². The van der Waals surface area contributed by atoms with Gasteiger partial charge in [-0.2, -0.15) is 0 Å². The van der Waals surface area contributed by atoms with Crippen LogP contribution in [0.5, 0.6) is 0 Å². The normalized spacial score (nSPS) is 13.1. The number of carbonyl (C=O) groups excluding carboxylic acids is 4. The molecule has 39 heavy (non-hydrogen) atoms. The molecule has 2 N–H and O–H groups in total. The minimum Gasteiger partial charge on any atom is -0.462 e. The fourth-order valence-electron chi connectivity index (χ4n) is 4.19. The lowest BCUT2D eigenvalue weighted by Crippen LogP contribution is -2.32. The van der Waals surface area contributed by atoms with Crippen LogP contribution < -0.4 is 15.5 Å². The number of hydrogen-bond acceptors (Lipinski definition) is 6. The number of imide groups is 1. The number of fused-ring (bicyclic) bond motifs is 1. The lowest BCUT2D eigenvalue weighted by molar-refractivity contribution is -0.120. The summed E-state index contributed by atoms with van der Waals surface area (Å²) in [6, 6.07) is 25.7. The molecule has 4 aromatic rings. The Labute approximate surface area is 228 Å². The number of nitrogens with one attached hydrogen (secondary N) is 2. The molecule has 8 nitrogen and oxygen atoms in total. The molecule has 4 aromatic carbocycles. The number of benzene rings is 4. The zero-order valence-electron chi connectivity index (χ0n) is 20.7. The quantitative estimate of drug-likeness (QED) is 0.230. The predicted molar refractivity (Wildman–Crippen MR) is 150 cm³/mol. The molecule has 1 aliphatic heterocycles. The molecule has 194 valence electrons. The Kier molecular flexibility index (Phi) is 7.12. The number of hydrogen-bond donors (Lipinski definition) is 2. The van der Waals surface area contributed by atoms with Crippen LogP contribution in [-0.4, -0.2) is 30.3 Å². The lowest BCUT2D eigenvalue weighted by atomic mass is 10.1. The summed E-state index contributed by atoms with van der Waals surface area (Å²) in [4.78, 5) is 51.5. The maximum absolute atomic E-state index is 13.1. The highest BCUT2D eigenvalue weighted by molar-refractivity contribution is 6.53. The molecule has 0 aromatic heterocycles. The van der Waals surface area contributed by atoms with Crippen molar-refractivity contribution in [2.45, 2.75) is 6.92 Å². The Morgan fingerprint density at radius 3 is 2.21 bits per heavy atom. The zero-order chi connectivity index (χ0) is 27.5. The van der Waals surface area contributed by atoms with Crippen molar-refractivity contribution >= 4 is 63.1 Å². The van der Waals surface area contributed by atoms with E-state index in [0.717, 1.165) is 15.7 Å². The van der Waals surface area contributed by atoms with E-state index in [9.17, 15) is 19.2 Å². The molecule has 0 aliphatic carbocycles. The second kappa shape index (κ2) is 10.8. The fraction of sp³-hybridized carbons (Fsp3) is 0.0667. The first kappa shape index (κ1) is 25.7. The minimum atomic E-state index is -0.695. The van der Waals surface area contributed by atoms with Crippen molar-refractivity contribution in [3.8, 4) is 0 Å². The Bertz CT molecular complexity index is 1640. The van der Waals surface area contributed by atoms with Crippen LogP contribution in [0.25, 0.3) is 10.8 Å². The molecule has 1 heterocycles. The lowest BCUT2D eigenvalue weighted by Gasteiger charge is -2.15. The summed E-state index contributed by atoms with van der Waals surface area (Å²) in [5.74, 6) is -2.14. The SMILES string of the molecule is CCOC(=O)c1ccc(N2C(=O)C(Cl)=C(Nc3ccc(C(=O)Nc4cccc5ccccc45)cc3)C2=O)cc1. The number of esters is 1. The van der Waals surface area contributed by atoms with E-state index in [1.54, 1.807) is 31.2 Å². The largest absolute Gasteiger partial charge is 0.462 e. The van der Waals surface area contributed by atoms with Crippen molar-refractivity contribution in [2.24, 2.45) is 0 Å². The molecule has 0 bridgehead atoms. The van der Waals surface area contributed by atoms with Crippen LogP contribution in [0.15, 0.2) is 102 Å². The number of halogens is 1. The maximum Gasteiger partial charge on any atom is 0.338 e. The third kappa shape index (κ3) is 5.10. The van der Waals surface area contributed by atoms with Crippen LogP contribution in [0.2, 0.25) is 0 Å². The smallest absolute Gasteiger partial charge is 0.338 e. The number of anilines is 3. The van der Waals surface area contributed by atoms with Crippen LogP contribution in [0.1, 0.15) is 27.6 Å². The van der Waals surface area contributed by atoms with Gasteiger partial charge >= 0.3 is 5.97 Å². The van der Waals surface area contributed by atoms with Gasteiger partial charge in [-0.25, -0.2) is 9.69 Å². The van der Waals surface area contributed by atoms with Gasteiger partial charge in [0, 0.05) is 22.3 Å². The fourth-order valence-corrected chi connectivity index (χ4v) is 4.40. The second-order valence-corrected chi connectivity index (χ2v) is 8.96. The molecular weight excluding hydrogens is 518 g/mol. The van der Waals surface area contributed by atoms with Crippen LogP contribution in [-0.2, 0) is 14.3 Å². The van der Waals surface area contributed by atoms with Gasteiger partial charge in [-0.05, 0) is 66.9 Å². The number of rotatable bonds is 7. The van der Waals surface area contributed by atoms with Gasteiger partial charge in [0.15, 0.2) is 0 Å². The van der Waals surface area contributed by atoms with E-state index in [2.05, 4.69) is 10.6 Å². The summed E-state index contributed by atoms with van der Waals surface area (Å²) in [5, 5.41) is 7.49. The van der Waals surface area contributed by atoms with E-state index in [4.69, 9.17) is 16.3 Å². The van der Waals surface area contributed by atoms with Crippen molar-refractivity contribution in [3.05, 3.63) is 113 Å². The van der Waals surface area contributed by atoms with E-state index in [-0.39, 0.29) is 28.9 Å². The van der Waals surface area contributed by atoms with Crippen molar-refractivity contribution in [1.82, 2.24) is 0 Å². The van der Waals surface area contributed by atoms with Crippen LogP contribution in [0.3, 0.4) is 0 Å². The Balaban J connectivity index is 1.28. The summed E-state index contributed by atoms with van der Waals surface area (Å²) in [7, 11) is 0. The third-order valence-electron chi connectivity index (χ3n) is 6.12. The van der Waals surface area contributed by atoms with Gasteiger partial charge in [0.2, 0.25) is 0 Å². The highest BCUT2D eigenvalue weighted by atomic mass is 35.5. The van der Waals surface area contributed by atoms with Gasteiger partial charge in [-0.3, -0.25) is 14.4 Å². The summed E-state index contributed by atoms with van der Waals surface area (Å²) < 4.78 is 4.96. The van der Waals surface area contributed by atoms with E-state index in [0.29, 0.717) is 22.5 Å². The molecule has 9 heteroatoms. The molecule has 0 saturated heterocycles. The summed E-state index contributed by atoms with van der Waals surface area (Å²) in [6.45, 7) is 1.93. The molecular formula is C30H22ClN3O5. The Hall–Kier alpha value is -4.95. The van der Waals surface area contributed by atoms with Gasteiger partial charge in [0.1, 0.15) is 10.7 Å². The van der Waals surface area contributed by atoms with E-state index in [1.165, 1.54) is 24.3 Å². The number of carbonyl (C=O) groups is 4. The molecule has 0 fully saturated rings. The Morgan fingerprint density at radius 2 is 1.49 bits per heavy atom. The summed E-state index contributed by atoms with van der Waals surface area (Å²) >= 11 is 6.23. The van der Waals surface area contributed by atoms with Gasteiger partial charge in [0.05, 0.1) is 17.9 Å². The first-order valence-electron chi connectivity index (χ1n) is 12.1. The topological polar surface area (TPSA) is 105 Å². The van der Waals surface area contributed by atoms with Crippen LogP contribution in [0.4, 0.5) is 17.1 Å². The molecule has 0 spiro atoms. The predicted octanol–water partition coefficient (Wildman–Crippen LogP) is 5.70. The zero-order valence-corrected chi connectivity index (χ0v) is 21.5. The van der Waals surface area contributed by atoms with Crippen LogP contribution >= 0.6 is 11.6 Å². The van der Waals surface area contributed by atoms with E-state index in [1.807, 2.05) is 42.5 Å². The van der Waals surface area contributed by atoms with Gasteiger partial charge in [-0.15, -0.1) is 0 Å². The molecule has 5 rings (SSSR count). The third-order valence-corrected chi connectivity index (χ3v) is 6.47. The molecule has 3 amide bonds. The molecule has 0 atom stereocenters. The molecule has 1 aliphatic rings. The van der Waals surface area contributed by atoms with E-state index < -0.39 is 17.8 Å². The maximum atomic E-state index is 13.1. The monoisotopic (exact) mass is 539 g/mol. The van der Waals surface area contributed by atoms with Crippen molar-refractivity contribution in [1.29, 1.82) is 0 Å². The summed E-state index contributed by atoms with van der Waals surface area (Å²) in [6.07, 6.45) is 0. The highest BCUT2D eigenvalue weighted by Gasteiger charge is 2.39. The Morgan fingerprint density at radius 1 is 0.821 bits per heavy atom. The van der Waals surface area contributed by atoms with Gasteiger partial charge < -0.3 is 15.4 Å². The molecule has 0 unspecified atom stereocenters. The van der Waals surface area contributed by atoms with Crippen molar-refractivity contribution in [2.75, 3.05) is 22.1 Å². The number of amides is 3. The summed E-state index contributed by atoms with van der Waals surface area (Å²) in [5.41, 5.74) is 2.03. The average Bonchev–Trinajstić information content (AvgIpc) is 3.16. The molecule has 0 radical (unpaired) electrons. The first-order chi connectivity index (χ1) is 18.9. The molecule has 0 saturated carbocycles. The van der Waals surface area contributed by atoms with Crippen molar-refractivity contribution in [3.63, 3.8) is 0 Å². The second-order valence-electron chi connectivity index (χ2n) is 8.59. The average molecular weight is 540 g/mol. The standard InChI is InChI=1S/C30H22ClN3O5/c1-2-39-30(38)20-12-16-22(17-13-20)34-28(36)25(31)26(29(34)37)32-21-14-10-19(11-15-21)27(35)33-24-9-5-7-18-6-3-4-8-23(18)24/h3-17,32H,2H2,1H3,(H,33,35).